The van der Waals surface area contributed by atoms with Crippen molar-refractivity contribution in [2.45, 2.75) is 38.6 Å². The number of likely N-dealkylation sites (tertiary alicyclic amines) is 1. The molecule has 32 heavy (non-hydrogen) atoms. The second-order valence-electron chi connectivity index (χ2n) is 8.95. The number of piperidine rings is 1. The number of benzene rings is 1. The van der Waals surface area contributed by atoms with E-state index in [1.807, 2.05) is 52.1 Å². The number of aromatic nitrogens is 3. The summed E-state index contributed by atoms with van der Waals surface area (Å²) in [5.41, 5.74) is 4.54. The van der Waals surface area contributed by atoms with E-state index in [1.54, 1.807) is 7.11 Å². The van der Waals surface area contributed by atoms with Gasteiger partial charge in [-0.1, -0.05) is 12.1 Å². The molecule has 3 aromatic rings. The predicted molar refractivity (Wildman–Crippen MR) is 125 cm³/mol. The number of carbonyl (C=O) groups is 1. The van der Waals surface area contributed by atoms with Crippen LogP contribution in [0.3, 0.4) is 0 Å². The normalized spacial score (nSPS) is 14.9. The lowest BCUT2D eigenvalue weighted by Gasteiger charge is -2.32. The molecule has 0 unspecified atom stereocenters. The molecular weight excluding hydrogens is 402 g/mol. The van der Waals surface area contributed by atoms with E-state index >= 15 is 0 Å². The minimum atomic E-state index is 0.256. The van der Waals surface area contributed by atoms with Crippen molar-refractivity contribution in [3.63, 3.8) is 0 Å². The predicted octanol–water partition coefficient (Wildman–Crippen LogP) is 3.21. The molecule has 4 rings (SSSR count). The third-order valence-corrected chi connectivity index (χ3v) is 6.32. The topological polar surface area (TPSA) is 63.0 Å². The number of fused-ring (bicyclic) bond motifs is 1. The molecule has 1 fully saturated rings. The first-order chi connectivity index (χ1) is 15.5. The smallest absolute Gasteiger partial charge is 0.222 e. The van der Waals surface area contributed by atoms with Gasteiger partial charge in [-0.15, -0.1) is 0 Å². The van der Waals surface area contributed by atoms with Gasteiger partial charge in [-0.3, -0.25) is 4.79 Å². The fraction of sp³-hybridized carbons (Fsp3) is 0.480. The third kappa shape index (κ3) is 5.27. The van der Waals surface area contributed by atoms with Crippen molar-refractivity contribution < 1.29 is 9.53 Å². The first-order valence-electron chi connectivity index (χ1n) is 11.4. The Morgan fingerprint density at radius 3 is 2.59 bits per heavy atom. The van der Waals surface area contributed by atoms with Crippen LogP contribution >= 0.6 is 0 Å². The number of hydrogen-bond acceptors (Lipinski definition) is 5. The Morgan fingerprint density at radius 2 is 1.91 bits per heavy atom. The summed E-state index contributed by atoms with van der Waals surface area (Å²) in [6, 6.07) is 9.92. The van der Waals surface area contributed by atoms with E-state index in [0.29, 0.717) is 12.3 Å². The van der Waals surface area contributed by atoms with Gasteiger partial charge in [0.05, 0.1) is 19.0 Å². The largest absolute Gasteiger partial charge is 0.497 e. The van der Waals surface area contributed by atoms with Crippen LogP contribution < -0.4 is 4.74 Å². The van der Waals surface area contributed by atoms with E-state index in [2.05, 4.69) is 29.1 Å². The van der Waals surface area contributed by atoms with Crippen molar-refractivity contribution >= 4 is 11.6 Å². The monoisotopic (exact) mass is 435 g/mol. The molecule has 170 valence electrons. The lowest BCUT2D eigenvalue weighted by molar-refractivity contribution is -0.132. The Kier molecular flexibility index (Phi) is 7.05. The molecule has 1 saturated heterocycles. The zero-order valence-electron chi connectivity index (χ0n) is 19.3. The molecule has 0 N–H and O–H groups in total. The van der Waals surface area contributed by atoms with E-state index in [1.165, 1.54) is 16.8 Å². The zero-order chi connectivity index (χ0) is 22.5. The summed E-state index contributed by atoms with van der Waals surface area (Å²) in [5.74, 6) is 1.65. The minimum Gasteiger partial charge on any atom is -0.497 e. The standard InChI is InChI=1S/C25H33N5O2/c1-28(2)18-21-17-26-24-10-13-27-30(24)23(21)16-20-11-14-29(15-12-20)25(31)9-6-19-4-7-22(32-3)8-5-19/h4-5,7-8,10,13,17,20H,6,9,11-12,14-16,18H2,1-3H3. The molecular formula is C25H33N5O2. The number of ether oxygens (including phenoxy) is 1. The van der Waals surface area contributed by atoms with E-state index in [4.69, 9.17) is 4.74 Å². The highest BCUT2D eigenvalue weighted by Crippen LogP contribution is 2.25. The number of hydrogen-bond donors (Lipinski definition) is 0. The van der Waals surface area contributed by atoms with Gasteiger partial charge in [0.2, 0.25) is 5.91 Å². The SMILES string of the molecule is COc1ccc(CCC(=O)N2CCC(Cc3c(CN(C)C)cnc4ccnn34)CC2)cc1. The molecule has 0 spiro atoms. The van der Waals surface area contributed by atoms with Crippen LogP contribution in [0.25, 0.3) is 5.65 Å². The van der Waals surface area contributed by atoms with Crippen LogP contribution in [-0.2, 0) is 24.2 Å². The van der Waals surface area contributed by atoms with Crippen molar-refractivity contribution in [2.24, 2.45) is 5.92 Å². The van der Waals surface area contributed by atoms with Crippen molar-refractivity contribution in [1.29, 1.82) is 0 Å². The quantitative estimate of drug-likeness (QED) is 0.544. The van der Waals surface area contributed by atoms with Crippen LogP contribution in [0.5, 0.6) is 5.75 Å². The first kappa shape index (κ1) is 22.3. The van der Waals surface area contributed by atoms with Gasteiger partial charge in [0.25, 0.3) is 0 Å². The lowest BCUT2D eigenvalue weighted by Crippen LogP contribution is -2.39. The minimum absolute atomic E-state index is 0.256. The maximum absolute atomic E-state index is 12.7. The number of amides is 1. The van der Waals surface area contributed by atoms with Crippen LogP contribution in [0.2, 0.25) is 0 Å². The van der Waals surface area contributed by atoms with Gasteiger partial charge in [-0.05, 0) is 63.4 Å². The van der Waals surface area contributed by atoms with E-state index < -0.39 is 0 Å². The Balaban J connectivity index is 1.33. The van der Waals surface area contributed by atoms with Crippen molar-refractivity contribution in [1.82, 2.24) is 24.4 Å². The van der Waals surface area contributed by atoms with Crippen LogP contribution in [0, 0.1) is 5.92 Å². The van der Waals surface area contributed by atoms with E-state index in [-0.39, 0.29) is 5.91 Å². The summed E-state index contributed by atoms with van der Waals surface area (Å²) in [6.07, 6.45) is 8.16. The third-order valence-electron chi connectivity index (χ3n) is 6.32. The van der Waals surface area contributed by atoms with E-state index in [0.717, 1.165) is 56.7 Å². The molecule has 0 saturated carbocycles. The van der Waals surface area contributed by atoms with Crippen molar-refractivity contribution in [3.8, 4) is 5.75 Å². The Hall–Kier alpha value is -2.93. The average Bonchev–Trinajstić information content (AvgIpc) is 3.29. The average molecular weight is 436 g/mol. The summed E-state index contributed by atoms with van der Waals surface area (Å²) < 4.78 is 7.19. The van der Waals surface area contributed by atoms with Crippen LogP contribution in [-0.4, -0.2) is 64.6 Å². The summed E-state index contributed by atoms with van der Waals surface area (Å²) in [5, 5.41) is 4.52. The number of carbonyl (C=O) groups excluding carboxylic acids is 1. The van der Waals surface area contributed by atoms with E-state index in [9.17, 15) is 4.79 Å². The molecule has 2 aromatic heterocycles. The molecule has 1 aliphatic rings. The molecule has 0 radical (unpaired) electrons. The molecule has 7 nitrogen and oxygen atoms in total. The van der Waals surface area contributed by atoms with Crippen LogP contribution in [0.4, 0.5) is 0 Å². The Morgan fingerprint density at radius 1 is 1.16 bits per heavy atom. The molecule has 0 bridgehead atoms. The second kappa shape index (κ2) is 10.1. The van der Waals surface area contributed by atoms with Gasteiger partial charge < -0.3 is 14.5 Å². The number of rotatable bonds is 8. The van der Waals surface area contributed by atoms with Crippen LogP contribution in [0.15, 0.2) is 42.7 Å². The highest BCUT2D eigenvalue weighted by molar-refractivity contribution is 5.76. The summed E-state index contributed by atoms with van der Waals surface area (Å²) in [6.45, 7) is 2.52. The second-order valence-corrected chi connectivity index (χ2v) is 8.95. The molecule has 0 atom stereocenters. The van der Waals surface area contributed by atoms with Crippen molar-refractivity contribution in [2.75, 3.05) is 34.3 Å². The lowest BCUT2D eigenvalue weighted by atomic mass is 9.90. The fourth-order valence-corrected chi connectivity index (χ4v) is 4.51. The molecule has 0 aliphatic carbocycles. The van der Waals surface area contributed by atoms with Crippen molar-refractivity contribution in [3.05, 3.63) is 59.5 Å². The summed E-state index contributed by atoms with van der Waals surface area (Å²) >= 11 is 0. The molecule has 1 aromatic carbocycles. The molecule has 7 heteroatoms. The maximum Gasteiger partial charge on any atom is 0.222 e. The van der Waals surface area contributed by atoms with Gasteiger partial charge in [0.15, 0.2) is 5.65 Å². The Labute approximate surface area is 190 Å². The van der Waals surface area contributed by atoms with Gasteiger partial charge in [0.1, 0.15) is 5.75 Å². The number of methoxy groups -OCH3 is 1. The molecule has 3 heterocycles. The summed E-state index contributed by atoms with van der Waals surface area (Å²) in [4.78, 5) is 21.5. The first-order valence-corrected chi connectivity index (χ1v) is 11.4. The highest BCUT2D eigenvalue weighted by atomic mass is 16.5. The number of nitrogens with zero attached hydrogens (tertiary/aromatic N) is 5. The Bertz CT molecular complexity index is 1040. The number of aryl methyl sites for hydroxylation is 1. The summed E-state index contributed by atoms with van der Waals surface area (Å²) in [7, 11) is 5.82. The van der Waals surface area contributed by atoms with Gasteiger partial charge in [0, 0.05) is 43.9 Å². The fourth-order valence-electron chi connectivity index (χ4n) is 4.51. The molecule has 1 amide bonds. The maximum atomic E-state index is 12.7. The van der Waals surface area contributed by atoms with Gasteiger partial charge in [-0.25, -0.2) is 9.50 Å². The molecule has 1 aliphatic heterocycles. The highest BCUT2D eigenvalue weighted by Gasteiger charge is 2.24. The van der Waals surface area contributed by atoms with Gasteiger partial charge >= 0.3 is 0 Å². The van der Waals surface area contributed by atoms with Crippen LogP contribution in [0.1, 0.15) is 36.1 Å². The zero-order valence-corrected chi connectivity index (χ0v) is 19.3. The van der Waals surface area contributed by atoms with Gasteiger partial charge in [-0.2, -0.15) is 5.10 Å².